The van der Waals surface area contributed by atoms with Crippen LogP contribution in [0.3, 0.4) is 0 Å². The largest absolute Gasteiger partial charge is 0.544 e. The number of carbonyl (C=O) groups excluding carboxylic acids is 1. The summed E-state index contributed by atoms with van der Waals surface area (Å²) in [5, 5.41) is 0. The van der Waals surface area contributed by atoms with Crippen molar-refractivity contribution in [3.05, 3.63) is 23.8 Å². The number of nitrogens with zero attached hydrogens (tertiary/aromatic N) is 1. The van der Waals surface area contributed by atoms with Crippen molar-refractivity contribution in [2.24, 2.45) is 0 Å². The molecule has 0 N–H and O–H groups in total. The summed E-state index contributed by atoms with van der Waals surface area (Å²) in [6, 6.07) is 5.44. The number of hydrogen-bond acceptors (Lipinski definition) is 4. The molecule has 0 aliphatic carbocycles. The molecule has 0 radical (unpaired) electrons. The second-order valence-electron chi connectivity index (χ2n) is 12.5. The van der Waals surface area contributed by atoms with Crippen molar-refractivity contribution >= 4 is 30.9 Å². The highest BCUT2D eigenvalue weighted by atomic mass is 28.4. The van der Waals surface area contributed by atoms with Gasteiger partial charge in [-0.1, -0.05) is 0 Å². The van der Waals surface area contributed by atoms with Gasteiger partial charge in [-0.3, -0.25) is 4.79 Å². The molecule has 1 atom stereocenters. The number of carbonyl (C=O) groups is 1. The average Bonchev–Trinajstić information content (AvgIpc) is 2.51. The van der Waals surface area contributed by atoms with Crippen molar-refractivity contribution in [2.45, 2.75) is 97.5 Å². The molecule has 34 heavy (non-hydrogen) atoms. The molecule has 0 spiro atoms. The topological polar surface area (TPSA) is 48.0 Å². The number of rotatable bonds is 9. The van der Waals surface area contributed by atoms with Crippen LogP contribution in [0.5, 0.6) is 11.5 Å². The van der Waals surface area contributed by atoms with Crippen molar-refractivity contribution < 1.29 is 31.2 Å². The summed E-state index contributed by atoms with van der Waals surface area (Å²) in [6.45, 7) is 22.8. The monoisotopic (exact) mass is 537 g/mol. The summed E-state index contributed by atoms with van der Waals surface area (Å²) in [5.41, 5.74) is -0.423. The fraction of sp³-hybridized carbons (Fsp3) is 0.696. The van der Waals surface area contributed by atoms with Gasteiger partial charge in [0.1, 0.15) is 11.5 Å². The van der Waals surface area contributed by atoms with Crippen molar-refractivity contribution in [1.29, 1.82) is 0 Å². The Kier molecular flexibility index (Phi) is 9.36. The first-order valence-electron chi connectivity index (χ1n) is 11.5. The molecule has 0 heterocycles. The predicted octanol–water partition coefficient (Wildman–Crippen LogP) is 7.20. The fourth-order valence-electron chi connectivity index (χ4n) is 3.22. The molecule has 0 aliphatic rings. The Hall–Kier alpha value is -1.31. The van der Waals surface area contributed by atoms with Crippen molar-refractivity contribution in [3.63, 3.8) is 0 Å². The maximum atomic E-state index is 13.5. The van der Waals surface area contributed by atoms with Gasteiger partial charge in [-0.15, -0.1) is 0 Å². The molecule has 11 heteroatoms. The number of hydrogen-bond donors (Lipinski definition) is 0. The SMILES string of the molecule is CC(C)(C)N(CC(O[Si](C)(C)C)c1cc(O[Si](C)(C)C)cc(O[Si](C)(C)C)c1)C(=O)C(F)(F)F. The lowest BCUT2D eigenvalue weighted by molar-refractivity contribution is -0.191. The van der Waals surface area contributed by atoms with Gasteiger partial charge in [-0.2, -0.15) is 13.2 Å². The molecular formula is C23H42F3NO4Si3. The Balaban J connectivity index is 3.64. The minimum absolute atomic E-state index is 0.241. The fourth-order valence-corrected chi connectivity index (χ4v) is 5.94. The third kappa shape index (κ3) is 11.0. The molecule has 0 fully saturated rings. The number of benzene rings is 1. The number of amides is 1. The van der Waals surface area contributed by atoms with Crippen molar-refractivity contribution in [3.8, 4) is 11.5 Å². The van der Waals surface area contributed by atoms with Gasteiger partial charge in [-0.25, -0.2) is 0 Å². The van der Waals surface area contributed by atoms with Gasteiger partial charge >= 0.3 is 12.1 Å². The zero-order valence-electron chi connectivity index (χ0n) is 22.7. The molecule has 5 nitrogen and oxygen atoms in total. The van der Waals surface area contributed by atoms with E-state index >= 15 is 0 Å². The summed E-state index contributed by atoms with van der Waals surface area (Å²) in [5.74, 6) is -0.686. The van der Waals surface area contributed by atoms with Gasteiger partial charge < -0.3 is 18.2 Å². The molecule has 0 saturated carbocycles. The molecule has 1 aromatic rings. The zero-order chi connectivity index (χ0) is 26.9. The van der Waals surface area contributed by atoms with E-state index in [-0.39, 0.29) is 6.54 Å². The predicted molar refractivity (Wildman–Crippen MR) is 139 cm³/mol. The molecule has 1 rings (SSSR count). The van der Waals surface area contributed by atoms with Crippen LogP contribution in [0.25, 0.3) is 0 Å². The second-order valence-corrected chi connectivity index (χ2v) is 25.8. The third-order valence-electron chi connectivity index (χ3n) is 4.26. The van der Waals surface area contributed by atoms with E-state index in [1.807, 2.05) is 25.7 Å². The first-order chi connectivity index (χ1) is 14.9. The van der Waals surface area contributed by atoms with Gasteiger partial charge in [0.25, 0.3) is 0 Å². The first-order valence-corrected chi connectivity index (χ1v) is 21.7. The molecule has 1 amide bonds. The van der Waals surface area contributed by atoms with Crippen LogP contribution in [0, 0.1) is 0 Å². The van der Waals surface area contributed by atoms with Crippen LogP contribution in [0.4, 0.5) is 13.2 Å². The zero-order valence-corrected chi connectivity index (χ0v) is 25.7. The van der Waals surface area contributed by atoms with E-state index in [9.17, 15) is 18.0 Å². The van der Waals surface area contributed by atoms with E-state index in [0.717, 1.165) is 4.90 Å². The molecule has 0 bridgehead atoms. The third-order valence-corrected chi connectivity index (χ3v) is 6.95. The summed E-state index contributed by atoms with van der Waals surface area (Å²) in [4.78, 5) is 13.2. The van der Waals surface area contributed by atoms with Crippen molar-refractivity contribution in [1.82, 2.24) is 4.90 Å². The smallest absolute Gasteiger partial charge is 0.471 e. The van der Waals surface area contributed by atoms with Crippen LogP contribution in [0.2, 0.25) is 58.9 Å². The highest BCUT2D eigenvalue weighted by molar-refractivity contribution is 6.71. The lowest BCUT2D eigenvalue weighted by Gasteiger charge is -2.40. The maximum Gasteiger partial charge on any atom is 0.471 e. The standard InChI is InChI=1S/C23H42F3NO4Si3/c1-22(2,3)27(21(28)23(24,25)26)16-20(31-34(10,11)12)17-13-18(29-32(4,5)6)15-19(14-17)30-33(7,8)9/h13-15,20H,16H2,1-12H3. The highest BCUT2D eigenvalue weighted by Gasteiger charge is 2.46. The summed E-state index contributed by atoms with van der Waals surface area (Å²) in [6.07, 6.45) is -5.75. The summed E-state index contributed by atoms with van der Waals surface area (Å²) >= 11 is 0. The van der Waals surface area contributed by atoms with Crippen molar-refractivity contribution in [2.75, 3.05) is 6.54 Å². The van der Waals surface area contributed by atoms with E-state index in [1.54, 1.807) is 32.9 Å². The molecule has 0 aromatic heterocycles. The molecule has 196 valence electrons. The van der Waals surface area contributed by atoms with E-state index in [2.05, 4.69) is 39.3 Å². The molecule has 1 unspecified atom stereocenters. The average molecular weight is 538 g/mol. The maximum absolute atomic E-state index is 13.5. The molecule has 1 aromatic carbocycles. The van der Waals surface area contributed by atoms with Gasteiger partial charge in [0.2, 0.25) is 16.6 Å². The van der Waals surface area contributed by atoms with Gasteiger partial charge in [0.05, 0.1) is 12.6 Å². The van der Waals surface area contributed by atoms with Crippen LogP contribution in [-0.4, -0.2) is 54.0 Å². The Labute approximate surface area is 206 Å². The Morgan fingerprint density at radius 1 is 0.824 bits per heavy atom. The Bertz CT molecular complexity index is 817. The van der Waals surface area contributed by atoms with Crippen LogP contribution >= 0.6 is 0 Å². The van der Waals surface area contributed by atoms with Crippen LogP contribution in [-0.2, 0) is 9.22 Å². The minimum atomic E-state index is -4.98. The highest BCUT2D eigenvalue weighted by Crippen LogP contribution is 2.35. The summed E-state index contributed by atoms with van der Waals surface area (Å²) in [7, 11) is -6.18. The van der Waals surface area contributed by atoms with Gasteiger partial charge in [-0.05, 0) is 97.4 Å². The van der Waals surface area contributed by atoms with E-state index in [1.165, 1.54) is 0 Å². The van der Waals surface area contributed by atoms with Crippen LogP contribution in [0.15, 0.2) is 18.2 Å². The minimum Gasteiger partial charge on any atom is -0.544 e. The van der Waals surface area contributed by atoms with Gasteiger partial charge in [0.15, 0.2) is 8.32 Å². The van der Waals surface area contributed by atoms with Crippen LogP contribution in [0.1, 0.15) is 32.4 Å². The van der Waals surface area contributed by atoms with Gasteiger partial charge in [0, 0.05) is 11.6 Å². The molecule has 0 saturated heterocycles. The number of halogens is 3. The molecule has 0 aliphatic heterocycles. The second kappa shape index (κ2) is 10.4. The van der Waals surface area contributed by atoms with E-state index < -0.39 is 48.7 Å². The van der Waals surface area contributed by atoms with E-state index in [4.69, 9.17) is 13.3 Å². The quantitative estimate of drug-likeness (QED) is 0.313. The molecular weight excluding hydrogens is 496 g/mol. The lowest BCUT2D eigenvalue weighted by atomic mass is 10.0. The normalized spacial score (nSPS) is 14.6. The summed E-state index contributed by atoms with van der Waals surface area (Å²) < 4.78 is 59.2. The number of alkyl halides is 3. The Morgan fingerprint density at radius 2 is 1.24 bits per heavy atom. The van der Waals surface area contributed by atoms with Crippen LogP contribution < -0.4 is 8.85 Å². The lowest BCUT2D eigenvalue weighted by Crippen LogP contribution is -2.53. The first kappa shape index (κ1) is 30.7. The Morgan fingerprint density at radius 3 is 1.53 bits per heavy atom. The van der Waals surface area contributed by atoms with E-state index in [0.29, 0.717) is 17.1 Å².